The number of nitrogens with two attached hydrogens (primary N) is 1. The fourth-order valence-corrected chi connectivity index (χ4v) is 2.56. The van der Waals surface area contributed by atoms with Crippen molar-refractivity contribution in [1.82, 2.24) is 14.6 Å². The summed E-state index contributed by atoms with van der Waals surface area (Å²) >= 11 is 0. The molecule has 6 heteroatoms. The fraction of sp³-hybridized carbons (Fsp3) is 0.500. The van der Waals surface area contributed by atoms with E-state index in [4.69, 9.17) is 10.6 Å². The predicted molar refractivity (Wildman–Crippen MR) is 68.2 cm³/mol. The Labute approximate surface area is 105 Å². The van der Waals surface area contributed by atoms with Gasteiger partial charge in [-0.1, -0.05) is 0 Å². The van der Waals surface area contributed by atoms with E-state index in [9.17, 15) is 0 Å². The highest BCUT2D eigenvalue weighted by Crippen LogP contribution is 2.27. The summed E-state index contributed by atoms with van der Waals surface area (Å²) in [4.78, 5) is 4.68. The molecule has 1 aliphatic rings. The van der Waals surface area contributed by atoms with Crippen molar-refractivity contribution in [3.05, 3.63) is 23.0 Å². The number of hydrazine groups is 1. The monoisotopic (exact) mass is 247 g/mol. The first kappa shape index (κ1) is 11.4. The Bertz CT molecular complexity index is 577. The Morgan fingerprint density at radius 1 is 1.44 bits per heavy atom. The van der Waals surface area contributed by atoms with Crippen LogP contribution in [0.4, 0.5) is 5.82 Å². The van der Waals surface area contributed by atoms with Gasteiger partial charge in [-0.25, -0.2) is 10.8 Å². The van der Waals surface area contributed by atoms with Crippen LogP contribution in [0.1, 0.15) is 29.8 Å². The Morgan fingerprint density at radius 3 is 3.06 bits per heavy atom. The molecule has 18 heavy (non-hydrogen) atoms. The highest BCUT2D eigenvalue weighted by Gasteiger charge is 2.19. The number of anilines is 1. The van der Waals surface area contributed by atoms with Gasteiger partial charge in [-0.05, 0) is 25.7 Å². The van der Waals surface area contributed by atoms with Crippen molar-refractivity contribution in [3.8, 4) is 0 Å². The number of fused-ring (bicyclic) bond motifs is 2. The van der Waals surface area contributed by atoms with Crippen LogP contribution in [0.2, 0.25) is 0 Å². The summed E-state index contributed by atoms with van der Waals surface area (Å²) in [6, 6.07) is 1.94. The zero-order chi connectivity index (χ0) is 12.5. The number of aryl methyl sites for hydroxylation is 1. The van der Waals surface area contributed by atoms with Gasteiger partial charge in [0.2, 0.25) is 0 Å². The van der Waals surface area contributed by atoms with Gasteiger partial charge < -0.3 is 10.2 Å². The summed E-state index contributed by atoms with van der Waals surface area (Å²) in [7, 11) is 1.66. The molecule has 0 aromatic carbocycles. The molecule has 0 spiro atoms. The van der Waals surface area contributed by atoms with Gasteiger partial charge in [0.05, 0.1) is 12.3 Å². The fourth-order valence-electron chi connectivity index (χ4n) is 2.56. The number of methoxy groups -OCH3 is 1. The minimum absolute atomic E-state index is 0.484. The molecule has 3 N–H and O–H groups in total. The molecule has 2 heterocycles. The van der Waals surface area contributed by atoms with Gasteiger partial charge in [0, 0.05) is 24.4 Å². The van der Waals surface area contributed by atoms with Crippen LogP contribution in [0.5, 0.6) is 0 Å². The number of aromatic nitrogens is 3. The molecule has 0 fully saturated rings. The van der Waals surface area contributed by atoms with Crippen LogP contribution in [-0.4, -0.2) is 21.7 Å². The molecule has 0 radical (unpaired) electrons. The maximum absolute atomic E-state index is 5.65. The third-order valence-corrected chi connectivity index (χ3v) is 3.36. The van der Waals surface area contributed by atoms with Crippen molar-refractivity contribution >= 4 is 11.5 Å². The van der Waals surface area contributed by atoms with Gasteiger partial charge in [0.15, 0.2) is 5.65 Å². The molecule has 0 saturated carbocycles. The number of nitrogen functional groups attached to an aromatic ring is 1. The van der Waals surface area contributed by atoms with Crippen molar-refractivity contribution in [1.29, 1.82) is 0 Å². The van der Waals surface area contributed by atoms with Crippen LogP contribution >= 0.6 is 0 Å². The second-order valence-electron chi connectivity index (χ2n) is 4.58. The molecular formula is C12H17N5O. The quantitative estimate of drug-likeness (QED) is 0.626. The van der Waals surface area contributed by atoms with Crippen molar-refractivity contribution in [2.24, 2.45) is 5.84 Å². The first-order chi connectivity index (χ1) is 8.83. The standard InChI is InChI=1S/C12H17N5O/c1-18-7-8-6-11-14-10-5-3-2-4-9(10)12(15-13)17(11)16-8/h6,15H,2-5,7,13H2,1H3. The summed E-state index contributed by atoms with van der Waals surface area (Å²) in [5.41, 5.74) is 6.81. The van der Waals surface area contributed by atoms with E-state index in [2.05, 4.69) is 15.5 Å². The Kier molecular flexibility index (Phi) is 2.89. The average Bonchev–Trinajstić information content (AvgIpc) is 2.78. The number of rotatable bonds is 3. The van der Waals surface area contributed by atoms with Gasteiger partial charge >= 0.3 is 0 Å². The van der Waals surface area contributed by atoms with Crippen molar-refractivity contribution in [2.45, 2.75) is 32.3 Å². The summed E-state index contributed by atoms with van der Waals surface area (Å²) < 4.78 is 6.88. The lowest BCUT2D eigenvalue weighted by Crippen LogP contribution is -2.18. The first-order valence-corrected chi connectivity index (χ1v) is 6.19. The van der Waals surface area contributed by atoms with Crippen LogP contribution < -0.4 is 11.3 Å². The zero-order valence-corrected chi connectivity index (χ0v) is 10.4. The lowest BCUT2D eigenvalue weighted by molar-refractivity contribution is 0.181. The first-order valence-electron chi connectivity index (χ1n) is 6.19. The summed E-state index contributed by atoms with van der Waals surface area (Å²) in [5, 5.41) is 4.47. The number of hydrogen-bond acceptors (Lipinski definition) is 5. The van der Waals surface area contributed by atoms with Crippen molar-refractivity contribution in [3.63, 3.8) is 0 Å². The Balaban J connectivity index is 2.20. The highest BCUT2D eigenvalue weighted by molar-refractivity contribution is 5.56. The molecule has 2 aromatic heterocycles. The van der Waals surface area contributed by atoms with E-state index in [0.717, 1.165) is 35.7 Å². The molecule has 0 bridgehead atoms. The van der Waals surface area contributed by atoms with Crippen LogP contribution in [-0.2, 0) is 24.2 Å². The van der Waals surface area contributed by atoms with E-state index >= 15 is 0 Å². The molecule has 96 valence electrons. The van der Waals surface area contributed by atoms with E-state index in [1.807, 2.05) is 6.07 Å². The molecule has 0 saturated heterocycles. The lowest BCUT2D eigenvalue weighted by atomic mass is 9.96. The van der Waals surface area contributed by atoms with Gasteiger partial charge in [-0.15, -0.1) is 0 Å². The number of nitrogens with one attached hydrogen (secondary N) is 1. The Morgan fingerprint density at radius 2 is 2.28 bits per heavy atom. The highest BCUT2D eigenvalue weighted by atomic mass is 16.5. The molecule has 1 aliphatic carbocycles. The normalized spacial score (nSPS) is 14.8. The van der Waals surface area contributed by atoms with Gasteiger partial charge in [-0.3, -0.25) is 0 Å². The van der Waals surface area contributed by atoms with E-state index in [-0.39, 0.29) is 0 Å². The van der Waals surface area contributed by atoms with Crippen LogP contribution in [0.25, 0.3) is 5.65 Å². The summed E-state index contributed by atoms with van der Waals surface area (Å²) in [6.45, 7) is 0.484. The number of ether oxygens (including phenoxy) is 1. The molecule has 2 aromatic rings. The molecule has 0 atom stereocenters. The third-order valence-electron chi connectivity index (χ3n) is 3.36. The predicted octanol–water partition coefficient (Wildman–Crippen LogP) is 1.04. The lowest BCUT2D eigenvalue weighted by Gasteiger charge is -2.18. The second kappa shape index (κ2) is 4.55. The molecule has 0 amide bonds. The van der Waals surface area contributed by atoms with Crippen LogP contribution in [0.15, 0.2) is 6.07 Å². The maximum atomic E-state index is 5.65. The van der Waals surface area contributed by atoms with Gasteiger partial charge in [-0.2, -0.15) is 9.61 Å². The third kappa shape index (κ3) is 1.74. The second-order valence-corrected chi connectivity index (χ2v) is 4.58. The molecule has 6 nitrogen and oxygen atoms in total. The van der Waals surface area contributed by atoms with Crippen LogP contribution in [0.3, 0.4) is 0 Å². The smallest absolute Gasteiger partial charge is 0.158 e. The average molecular weight is 247 g/mol. The van der Waals surface area contributed by atoms with Crippen molar-refractivity contribution in [2.75, 3.05) is 12.5 Å². The van der Waals surface area contributed by atoms with E-state index in [1.54, 1.807) is 11.6 Å². The SMILES string of the molecule is COCc1cc2nc3c(c(NN)n2n1)CCCC3. The van der Waals surface area contributed by atoms with E-state index < -0.39 is 0 Å². The van der Waals surface area contributed by atoms with Crippen molar-refractivity contribution < 1.29 is 4.74 Å². The summed E-state index contributed by atoms with van der Waals surface area (Å²) in [6.07, 6.45) is 4.41. The molecule has 0 aliphatic heterocycles. The minimum Gasteiger partial charge on any atom is -0.378 e. The maximum Gasteiger partial charge on any atom is 0.158 e. The number of hydrogen-bond donors (Lipinski definition) is 2. The number of nitrogens with zero attached hydrogens (tertiary/aromatic N) is 3. The zero-order valence-electron chi connectivity index (χ0n) is 10.4. The van der Waals surface area contributed by atoms with Gasteiger partial charge in [0.25, 0.3) is 0 Å². The largest absolute Gasteiger partial charge is 0.378 e. The minimum atomic E-state index is 0.484. The van der Waals surface area contributed by atoms with E-state index in [0.29, 0.717) is 6.61 Å². The van der Waals surface area contributed by atoms with Crippen LogP contribution in [0, 0.1) is 0 Å². The van der Waals surface area contributed by atoms with E-state index in [1.165, 1.54) is 18.4 Å². The van der Waals surface area contributed by atoms with Gasteiger partial charge in [0.1, 0.15) is 5.82 Å². The Hall–Kier alpha value is -1.66. The molecular weight excluding hydrogens is 230 g/mol. The topological polar surface area (TPSA) is 77.5 Å². The molecule has 0 unspecified atom stereocenters. The molecule has 3 rings (SSSR count). The summed E-state index contributed by atoms with van der Waals surface area (Å²) in [5.74, 6) is 6.51.